The van der Waals surface area contributed by atoms with Crippen LogP contribution in [-0.4, -0.2) is 36.8 Å². The lowest BCUT2D eigenvalue weighted by Crippen LogP contribution is -2.34. The Morgan fingerprint density at radius 3 is 2.69 bits per heavy atom. The number of carboxylic acid groups (broad SMARTS) is 1. The van der Waals surface area contributed by atoms with Gasteiger partial charge in [-0.15, -0.1) is 0 Å². The van der Waals surface area contributed by atoms with Gasteiger partial charge < -0.3 is 20.1 Å². The lowest BCUT2D eigenvalue weighted by Gasteiger charge is -2.23. The molecule has 0 spiro atoms. The van der Waals surface area contributed by atoms with E-state index in [0.29, 0.717) is 11.8 Å². The minimum atomic E-state index is -0.970. The Kier molecular flexibility index (Phi) is 5.67. The lowest BCUT2D eigenvalue weighted by atomic mass is 9.99. The van der Waals surface area contributed by atoms with Gasteiger partial charge >= 0.3 is 5.97 Å². The summed E-state index contributed by atoms with van der Waals surface area (Å²) in [5, 5.41) is 15.1. The quantitative estimate of drug-likeness (QED) is 0.632. The zero-order valence-electron chi connectivity index (χ0n) is 16.5. The van der Waals surface area contributed by atoms with Crippen LogP contribution in [0.3, 0.4) is 0 Å². The number of fused-ring (bicyclic) bond motifs is 1. The van der Waals surface area contributed by atoms with Crippen LogP contribution >= 0.6 is 0 Å². The number of rotatable bonds is 7. The highest BCUT2D eigenvalue weighted by atomic mass is 16.5. The molecule has 4 rings (SSSR count). The molecule has 1 fully saturated rings. The van der Waals surface area contributed by atoms with Crippen molar-refractivity contribution in [3.8, 4) is 5.75 Å². The van der Waals surface area contributed by atoms with Gasteiger partial charge in [0.2, 0.25) is 0 Å². The van der Waals surface area contributed by atoms with Crippen LogP contribution in [-0.2, 0) is 4.79 Å². The van der Waals surface area contributed by atoms with E-state index in [1.54, 1.807) is 0 Å². The molecule has 5 nitrogen and oxygen atoms in total. The molecule has 0 bridgehead atoms. The standard InChI is InChI=1S/C24H26N2O3/c1-17(22-8-4-6-18-5-2-3-7-23(18)22)25-19-13-14-26(15-19)20-9-11-21(12-10-20)29-16-24(27)28/h2-12,17,19,25H,13-16H2,1H3,(H,27,28)/t17-,19+/m1/s1. The Labute approximate surface area is 170 Å². The number of anilines is 1. The van der Waals surface area contributed by atoms with E-state index in [1.165, 1.54) is 16.3 Å². The zero-order valence-corrected chi connectivity index (χ0v) is 16.5. The van der Waals surface area contributed by atoms with Crippen molar-refractivity contribution in [1.82, 2.24) is 5.32 Å². The number of hydrogen-bond donors (Lipinski definition) is 2. The van der Waals surface area contributed by atoms with E-state index >= 15 is 0 Å². The van der Waals surface area contributed by atoms with Gasteiger partial charge in [-0.05, 0) is 53.9 Å². The van der Waals surface area contributed by atoms with Crippen molar-refractivity contribution in [1.29, 1.82) is 0 Å². The number of benzene rings is 3. The van der Waals surface area contributed by atoms with E-state index in [4.69, 9.17) is 9.84 Å². The first-order valence-corrected chi connectivity index (χ1v) is 10.0. The monoisotopic (exact) mass is 390 g/mol. The summed E-state index contributed by atoms with van der Waals surface area (Å²) in [5.74, 6) is -0.391. The molecule has 1 aliphatic rings. The Balaban J connectivity index is 1.38. The van der Waals surface area contributed by atoms with Gasteiger partial charge in [-0.1, -0.05) is 42.5 Å². The van der Waals surface area contributed by atoms with Crippen molar-refractivity contribution in [2.75, 3.05) is 24.6 Å². The highest BCUT2D eigenvalue weighted by Crippen LogP contribution is 2.27. The van der Waals surface area contributed by atoms with E-state index in [2.05, 4.69) is 59.6 Å². The Hall–Kier alpha value is -3.05. The van der Waals surface area contributed by atoms with Crippen molar-refractivity contribution < 1.29 is 14.6 Å². The van der Waals surface area contributed by atoms with Gasteiger partial charge in [0.25, 0.3) is 0 Å². The van der Waals surface area contributed by atoms with Crippen LogP contribution in [0.2, 0.25) is 0 Å². The first-order chi connectivity index (χ1) is 14.1. The van der Waals surface area contributed by atoms with E-state index in [-0.39, 0.29) is 12.6 Å². The molecule has 1 saturated heterocycles. The molecule has 3 aromatic rings. The molecule has 0 unspecified atom stereocenters. The van der Waals surface area contributed by atoms with Crippen LogP contribution in [0.15, 0.2) is 66.7 Å². The summed E-state index contributed by atoms with van der Waals surface area (Å²) >= 11 is 0. The Morgan fingerprint density at radius 2 is 1.90 bits per heavy atom. The van der Waals surface area contributed by atoms with Crippen molar-refractivity contribution >= 4 is 22.4 Å². The summed E-state index contributed by atoms with van der Waals surface area (Å²) in [7, 11) is 0. The summed E-state index contributed by atoms with van der Waals surface area (Å²) < 4.78 is 5.21. The fourth-order valence-corrected chi connectivity index (χ4v) is 4.10. The lowest BCUT2D eigenvalue weighted by molar-refractivity contribution is -0.139. The third kappa shape index (κ3) is 4.51. The molecule has 150 valence electrons. The van der Waals surface area contributed by atoms with Gasteiger partial charge in [0.1, 0.15) is 5.75 Å². The number of aliphatic carboxylic acids is 1. The number of carbonyl (C=O) groups is 1. The molecule has 2 N–H and O–H groups in total. The maximum absolute atomic E-state index is 10.6. The second-order valence-corrected chi connectivity index (χ2v) is 7.56. The molecule has 0 radical (unpaired) electrons. The smallest absolute Gasteiger partial charge is 0.341 e. The highest BCUT2D eigenvalue weighted by Gasteiger charge is 2.24. The third-order valence-electron chi connectivity index (χ3n) is 5.53. The molecule has 1 aliphatic heterocycles. The second kappa shape index (κ2) is 8.53. The van der Waals surface area contributed by atoms with Crippen molar-refractivity contribution in [3.05, 3.63) is 72.3 Å². The van der Waals surface area contributed by atoms with Gasteiger partial charge in [-0.25, -0.2) is 4.79 Å². The molecular formula is C24H26N2O3. The van der Waals surface area contributed by atoms with E-state index in [9.17, 15) is 4.79 Å². The van der Waals surface area contributed by atoms with Crippen molar-refractivity contribution in [2.24, 2.45) is 0 Å². The molecule has 1 heterocycles. The van der Waals surface area contributed by atoms with Crippen LogP contribution in [0.1, 0.15) is 24.9 Å². The molecule has 3 aromatic carbocycles. The van der Waals surface area contributed by atoms with E-state index < -0.39 is 5.97 Å². The van der Waals surface area contributed by atoms with Gasteiger partial charge in [-0.2, -0.15) is 0 Å². The predicted molar refractivity (Wildman–Crippen MR) is 116 cm³/mol. The minimum absolute atomic E-state index is 0.276. The number of ether oxygens (including phenoxy) is 1. The summed E-state index contributed by atoms with van der Waals surface area (Å²) in [4.78, 5) is 13.0. The summed E-state index contributed by atoms with van der Waals surface area (Å²) in [6.07, 6.45) is 1.09. The fraction of sp³-hybridized carbons (Fsp3) is 0.292. The molecule has 0 saturated carbocycles. The highest BCUT2D eigenvalue weighted by molar-refractivity contribution is 5.86. The van der Waals surface area contributed by atoms with Gasteiger partial charge in [0.05, 0.1) is 0 Å². The van der Waals surface area contributed by atoms with Crippen LogP contribution < -0.4 is 15.0 Å². The average Bonchev–Trinajstić information content (AvgIpc) is 3.20. The van der Waals surface area contributed by atoms with Gasteiger partial charge in [-0.3, -0.25) is 0 Å². The topological polar surface area (TPSA) is 61.8 Å². The second-order valence-electron chi connectivity index (χ2n) is 7.56. The minimum Gasteiger partial charge on any atom is -0.482 e. The number of nitrogens with one attached hydrogen (secondary N) is 1. The largest absolute Gasteiger partial charge is 0.482 e. The predicted octanol–water partition coefficient (Wildman–Crippen LogP) is 4.23. The molecule has 0 aromatic heterocycles. The van der Waals surface area contributed by atoms with Crippen LogP contribution in [0, 0.1) is 0 Å². The number of nitrogens with zero attached hydrogens (tertiary/aromatic N) is 1. The third-order valence-corrected chi connectivity index (χ3v) is 5.53. The molecule has 2 atom stereocenters. The Bertz CT molecular complexity index is 982. The van der Waals surface area contributed by atoms with Crippen LogP contribution in [0.25, 0.3) is 10.8 Å². The molecular weight excluding hydrogens is 364 g/mol. The summed E-state index contributed by atoms with van der Waals surface area (Å²) in [6, 6.07) is 23.4. The van der Waals surface area contributed by atoms with E-state index in [0.717, 1.165) is 25.2 Å². The van der Waals surface area contributed by atoms with Crippen molar-refractivity contribution in [3.63, 3.8) is 0 Å². The summed E-state index contributed by atoms with van der Waals surface area (Å²) in [5.41, 5.74) is 2.47. The fourth-order valence-electron chi connectivity index (χ4n) is 4.10. The average molecular weight is 390 g/mol. The first kappa shape index (κ1) is 19.3. The maximum Gasteiger partial charge on any atom is 0.341 e. The van der Waals surface area contributed by atoms with E-state index in [1.807, 2.05) is 24.3 Å². The number of carboxylic acids is 1. The van der Waals surface area contributed by atoms with Gasteiger partial charge in [0, 0.05) is 30.9 Å². The van der Waals surface area contributed by atoms with Crippen LogP contribution in [0.5, 0.6) is 5.75 Å². The Morgan fingerprint density at radius 1 is 1.14 bits per heavy atom. The molecule has 0 amide bonds. The van der Waals surface area contributed by atoms with Crippen molar-refractivity contribution in [2.45, 2.75) is 25.4 Å². The maximum atomic E-state index is 10.6. The normalized spacial score (nSPS) is 17.4. The molecule has 5 heteroatoms. The SMILES string of the molecule is C[C@@H](N[C@H]1CCN(c2ccc(OCC(=O)O)cc2)C1)c1cccc2ccccc12. The zero-order chi connectivity index (χ0) is 20.2. The summed E-state index contributed by atoms with van der Waals surface area (Å²) in [6.45, 7) is 3.86. The molecule has 0 aliphatic carbocycles. The first-order valence-electron chi connectivity index (χ1n) is 10.0. The number of hydrogen-bond acceptors (Lipinski definition) is 4. The molecule has 29 heavy (non-hydrogen) atoms. The van der Waals surface area contributed by atoms with Crippen LogP contribution in [0.4, 0.5) is 5.69 Å². The van der Waals surface area contributed by atoms with Gasteiger partial charge in [0.15, 0.2) is 6.61 Å².